The Bertz CT molecular complexity index is 562. The Morgan fingerprint density at radius 1 is 1.33 bits per heavy atom. The fourth-order valence-corrected chi connectivity index (χ4v) is 2.80. The topological polar surface area (TPSA) is 99.1 Å². The molecule has 8 nitrogen and oxygen atoms in total. The molecule has 0 aromatic carbocycles. The highest BCUT2D eigenvalue weighted by Gasteiger charge is 2.30. The van der Waals surface area contributed by atoms with Gasteiger partial charge < -0.3 is 10.0 Å². The number of hydroxylamine groups is 2. The average molecular weight is 332 g/mol. The number of β-amino-alcohol motifs (C(OH)–C–C–N with tert-alkyl or cyclic N) is 1. The maximum absolute atomic E-state index is 9.60. The van der Waals surface area contributed by atoms with Gasteiger partial charge in [-0.3, -0.25) is 9.74 Å². The smallest absolute Gasteiger partial charge is 0.185 e. The number of aliphatic hydroxyl groups excluding tert-OH is 1. The summed E-state index contributed by atoms with van der Waals surface area (Å²) in [5.41, 5.74) is 0.285. The molecule has 1 atom stereocenters. The van der Waals surface area contributed by atoms with E-state index in [1.54, 1.807) is 0 Å². The first-order valence-corrected chi connectivity index (χ1v) is 8.33. The minimum Gasteiger partial charge on any atom is -0.395 e. The van der Waals surface area contributed by atoms with E-state index >= 15 is 0 Å². The third kappa shape index (κ3) is 4.24. The Labute approximate surface area is 142 Å². The first-order chi connectivity index (χ1) is 11.7. The number of nitrogens with zero attached hydrogens (tertiary/aromatic N) is 6. The normalized spacial score (nSPS) is 22.2. The second-order valence-corrected chi connectivity index (χ2v) is 5.70. The van der Waals surface area contributed by atoms with Gasteiger partial charge in [0.05, 0.1) is 19.3 Å². The number of aliphatic imine (C=N–C) groups is 1. The summed E-state index contributed by atoms with van der Waals surface area (Å²) in [7, 11) is 0. The van der Waals surface area contributed by atoms with E-state index in [0.29, 0.717) is 19.0 Å². The molecule has 1 fully saturated rings. The summed E-state index contributed by atoms with van der Waals surface area (Å²) in [6.45, 7) is 6.42. The standard InChI is InChI=1S/C16H24N6O2/c1-2-10-24-22-14(11-17)13-19-16(15(22)12-18)21-5-3-4-20(6-7-21)8-9-23/h13-14,23H,2-10H2,1H3. The van der Waals surface area contributed by atoms with Crippen molar-refractivity contribution in [1.82, 2.24) is 14.9 Å². The molecule has 24 heavy (non-hydrogen) atoms. The van der Waals surface area contributed by atoms with E-state index in [1.165, 1.54) is 11.3 Å². The van der Waals surface area contributed by atoms with E-state index in [9.17, 15) is 10.5 Å². The van der Waals surface area contributed by atoms with Crippen LogP contribution in [0.3, 0.4) is 0 Å². The van der Waals surface area contributed by atoms with Crippen LogP contribution in [0.4, 0.5) is 0 Å². The lowest BCUT2D eigenvalue weighted by Crippen LogP contribution is -2.41. The molecule has 0 aliphatic carbocycles. The van der Waals surface area contributed by atoms with Gasteiger partial charge in [0.1, 0.15) is 6.07 Å². The second-order valence-electron chi connectivity index (χ2n) is 5.70. The van der Waals surface area contributed by atoms with Gasteiger partial charge in [0.25, 0.3) is 0 Å². The lowest BCUT2D eigenvalue weighted by molar-refractivity contribution is -0.132. The van der Waals surface area contributed by atoms with Crippen molar-refractivity contribution in [2.45, 2.75) is 25.8 Å². The number of rotatable bonds is 6. The highest BCUT2D eigenvalue weighted by molar-refractivity contribution is 5.71. The van der Waals surface area contributed by atoms with Crippen molar-refractivity contribution in [3.63, 3.8) is 0 Å². The molecule has 1 unspecified atom stereocenters. The fourth-order valence-electron chi connectivity index (χ4n) is 2.80. The largest absolute Gasteiger partial charge is 0.395 e. The van der Waals surface area contributed by atoms with Gasteiger partial charge in [-0.15, -0.1) is 0 Å². The molecule has 1 N–H and O–H groups in total. The number of hydrogen-bond acceptors (Lipinski definition) is 8. The zero-order chi connectivity index (χ0) is 17.4. The van der Waals surface area contributed by atoms with Gasteiger partial charge in [0, 0.05) is 32.4 Å². The highest BCUT2D eigenvalue weighted by Crippen LogP contribution is 2.23. The second kappa shape index (κ2) is 9.24. The Balaban J connectivity index is 2.20. The van der Waals surface area contributed by atoms with Gasteiger partial charge in [-0.05, 0) is 19.4 Å². The van der Waals surface area contributed by atoms with E-state index in [0.717, 1.165) is 39.0 Å². The van der Waals surface area contributed by atoms with Crippen LogP contribution in [-0.2, 0) is 4.84 Å². The van der Waals surface area contributed by atoms with Crippen LogP contribution in [0.25, 0.3) is 0 Å². The summed E-state index contributed by atoms with van der Waals surface area (Å²) < 4.78 is 0. The first kappa shape index (κ1) is 18.2. The summed E-state index contributed by atoms with van der Waals surface area (Å²) in [6.07, 6.45) is 3.25. The minimum absolute atomic E-state index is 0.146. The molecular weight excluding hydrogens is 308 g/mol. The molecule has 2 aliphatic rings. The van der Waals surface area contributed by atoms with Crippen LogP contribution in [0.5, 0.6) is 0 Å². The summed E-state index contributed by atoms with van der Waals surface area (Å²) in [5, 5.41) is 29.3. The van der Waals surface area contributed by atoms with Crippen LogP contribution in [0.15, 0.2) is 16.5 Å². The minimum atomic E-state index is -0.687. The summed E-state index contributed by atoms with van der Waals surface area (Å²) in [4.78, 5) is 14.2. The maximum Gasteiger partial charge on any atom is 0.185 e. The monoisotopic (exact) mass is 332 g/mol. The van der Waals surface area contributed by atoms with Crippen molar-refractivity contribution in [3.05, 3.63) is 11.5 Å². The Morgan fingerprint density at radius 2 is 2.17 bits per heavy atom. The molecule has 0 aromatic heterocycles. The molecule has 1 saturated heterocycles. The van der Waals surface area contributed by atoms with Gasteiger partial charge >= 0.3 is 0 Å². The molecular formula is C16H24N6O2. The molecule has 0 radical (unpaired) electrons. The van der Waals surface area contributed by atoms with Crippen LogP contribution in [0, 0.1) is 22.7 Å². The summed E-state index contributed by atoms with van der Waals surface area (Å²) in [5.74, 6) is 0.561. The zero-order valence-electron chi connectivity index (χ0n) is 14.1. The number of nitriles is 2. The van der Waals surface area contributed by atoms with Crippen LogP contribution in [0.2, 0.25) is 0 Å². The fraction of sp³-hybridized carbons (Fsp3) is 0.688. The SMILES string of the molecule is CCCON1C(C#N)=C(N2CCCN(CCO)CC2)N=CC1C#N. The number of aliphatic hydroxyl groups is 1. The van der Waals surface area contributed by atoms with Crippen molar-refractivity contribution >= 4 is 6.21 Å². The molecule has 2 rings (SSSR count). The Kier molecular flexibility index (Phi) is 7.01. The van der Waals surface area contributed by atoms with Crippen LogP contribution >= 0.6 is 0 Å². The third-order valence-corrected chi connectivity index (χ3v) is 4.00. The maximum atomic E-state index is 9.60. The molecule has 130 valence electrons. The molecule has 0 bridgehead atoms. The van der Waals surface area contributed by atoms with Crippen molar-refractivity contribution in [1.29, 1.82) is 10.5 Å². The summed E-state index contributed by atoms with van der Waals surface area (Å²) >= 11 is 0. The van der Waals surface area contributed by atoms with Gasteiger partial charge in [-0.2, -0.15) is 10.5 Å². The lowest BCUT2D eigenvalue weighted by atomic mass is 10.2. The van der Waals surface area contributed by atoms with Crippen molar-refractivity contribution < 1.29 is 9.94 Å². The van der Waals surface area contributed by atoms with Crippen LogP contribution in [-0.4, -0.2) is 78.2 Å². The first-order valence-electron chi connectivity index (χ1n) is 8.33. The van der Waals surface area contributed by atoms with Crippen molar-refractivity contribution in [2.24, 2.45) is 4.99 Å². The van der Waals surface area contributed by atoms with Gasteiger partial charge in [-0.25, -0.2) is 10.1 Å². The van der Waals surface area contributed by atoms with Crippen LogP contribution in [0.1, 0.15) is 19.8 Å². The molecule has 0 saturated carbocycles. The van der Waals surface area contributed by atoms with E-state index in [-0.39, 0.29) is 12.3 Å². The zero-order valence-corrected chi connectivity index (χ0v) is 14.1. The van der Waals surface area contributed by atoms with E-state index < -0.39 is 6.04 Å². The predicted octanol–water partition coefficient (Wildman–Crippen LogP) is 0.299. The van der Waals surface area contributed by atoms with E-state index in [4.69, 9.17) is 9.94 Å². The van der Waals surface area contributed by atoms with E-state index in [2.05, 4.69) is 26.9 Å². The third-order valence-electron chi connectivity index (χ3n) is 4.00. The van der Waals surface area contributed by atoms with E-state index in [1.807, 2.05) is 6.92 Å². The van der Waals surface area contributed by atoms with Gasteiger partial charge in [0.2, 0.25) is 0 Å². The average Bonchev–Trinajstić information content (AvgIpc) is 2.85. The molecule has 2 aliphatic heterocycles. The van der Waals surface area contributed by atoms with Crippen molar-refractivity contribution in [3.8, 4) is 12.1 Å². The number of hydrogen-bond donors (Lipinski definition) is 1. The summed E-state index contributed by atoms with van der Waals surface area (Å²) in [6, 6.07) is 3.56. The lowest BCUT2D eigenvalue weighted by Gasteiger charge is -2.32. The quantitative estimate of drug-likeness (QED) is 0.747. The van der Waals surface area contributed by atoms with Gasteiger partial charge in [0.15, 0.2) is 17.6 Å². The molecule has 8 heteroatoms. The van der Waals surface area contributed by atoms with Gasteiger partial charge in [-0.1, -0.05) is 6.92 Å². The predicted molar refractivity (Wildman–Crippen MR) is 88.3 cm³/mol. The number of allylic oxidation sites excluding steroid dienone is 1. The Hall–Kier alpha value is -2.13. The molecule has 2 heterocycles. The Morgan fingerprint density at radius 3 is 2.83 bits per heavy atom. The van der Waals surface area contributed by atoms with Crippen molar-refractivity contribution in [2.75, 3.05) is 45.9 Å². The molecule has 0 spiro atoms. The highest BCUT2D eigenvalue weighted by atomic mass is 16.7. The van der Waals surface area contributed by atoms with Crippen LogP contribution < -0.4 is 0 Å². The molecule has 0 aromatic rings. The molecule has 0 amide bonds.